The fourth-order valence-corrected chi connectivity index (χ4v) is 3.75. The van der Waals surface area contributed by atoms with Crippen molar-refractivity contribution in [1.29, 1.82) is 0 Å². The highest BCUT2D eigenvalue weighted by Crippen LogP contribution is 2.32. The zero-order valence-corrected chi connectivity index (χ0v) is 13.2. The van der Waals surface area contributed by atoms with Gasteiger partial charge in [0.2, 0.25) is 5.91 Å². The van der Waals surface area contributed by atoms with Crippen LogP contribution in [0.15, 0.2) is 24.3 Å². The van der Waals surface area contributed by atoms with E-state index in [0.29, 0.717) is 5.02 Å². The Balaban J connectivity index is 2.05. The molecular formula is C15H20ClNO2S. The summed E-state index contributed by atoms with van der Waals surface area (Å²) in [5.74, 6) is 1.17. The number of hydrogen-bond donors (Lipinski definition) is 1. The summed E-state index contributed by atoms with van der Waals surface area (Å²) in [7, 11) is 0. The maximum atomic E-state index is 12.6. The van der Waals surface area contributed by atoms with Crippen LogP contribution in [-0.2, 0) is 4.79 Å². The summed E-state index contributed by atoms with van der Waals surface area (Å²) < 4.78 is 0. The SMILES string of the molecule is CC(CO)CSC1CCCN(c2ccccc2Cl)C1=O. The number of para-hydroxylation sites is 1. The number of carbonyl (C=O) groups excluding carboxylic acids is 1. The van der Waals surface area contributed by atoms with Crippen LogP contribution in [0, 0.1) is 5.92 Å². The third kappa shape index (κ3) is 3.68. The minimum Gasteiger partial charge on any atom is -0.396 e. The summed E-state index contributed by atoms with van der Waals surface area (Å²) in [6.07, 6.45) is 1.89. The first-order valence-electron chi connectivity index (χ1n) is 6.92. The van der Waals surface area contributed by atoms with E-state index in [-0.39, 0.29) is 23.7 Å². The molecule has 0 saturated carbocycles. The number of piperidine rings is 1. The van der Waals surface area contributed by atoms with Gasteiger partial charge in [-0.05, 0) is 36.6 Å². The highest BCUT2D eigenvalue weighted by molar-refractivity contribution is 8.00. The molecule has 1 amide bonds. The average molecular weight is 314 g/mol. The van der Waals surface area contributed by atoms with E-state index in [0.717, 1.165) is 30.8 Å². The van der Waals surface area contributed by atoms with Crippen molar-refractivity contribution in [1.82, 2.24) is 0 Å². The summed E-state index contributed by atoms with van der Waals surface area (Å²) in [6.45, 7) is 2.89. The number of carbonyl (C=O) groups is 1. The third-order valence-corrected chi connectivity index (χ3v) is 5.35. The minimum atomic E-state index is -0.0194. The Kier molecular flexibility index (Phi) is 5.75. The lowest BCUT2D eigenvalue weighted by Crippen LogP contribution is -2.43. The quantitative estimate of drug-likeness (QED) is 0.907. The molecule has 3 nitrogen and oxygen atoms in total. The summed E-state index contributed by atoms with van der Waals surface area (Å²) in [5, 5.41) is 9.67. The average Bonchev–Trinajstić information content (AvgIpc) is 2.47. The molecule has 0 radical (unpaired) electrons. The number of thioether (sulfide) groups is 1. The molecule has 2 atom stereocenters. The highest BCUT2D eigenvalue weighted by Gasteiger charge is 2.30. The standard InChI is InChI=1S/C15H20ClNO2S/c1-11(9-18)10-20-14-7-4-8-17(15(14)19)13-6-3-2-5-12(13)16/h2-3,5-6,11,14,18H,4,7-10H2,1H3. The first-order chi connectivity index (χ1) is 9.63. The Hall–Kier alpha value is -0.710. The third-order valence-electron chi connectivity index (χ3n) is 3.43. The first-order valence-corrected chi connectivity index (χ1v) is 8.34. The number of anilines is 1. The van der Waals surface area contributed by atoms with Gasteiger partial charge in [-0.1, -0.05) is 30.7 Å². The van der Waals surface area contributed by atoms with Crippen molar-refractivity contribution >= 4 is 35.0 Å². The number of benzene rings is 1. The summed E-state index contributed by atoms with van der Waals surface area (Å²) in [4.78, 5) is 14.4. The van der Waals surface area contributed by atoms with Crippen LogP contribution in [0.1, 0.15) is 19.8 Å². The zero-order chi connectivity index (χ0) is 14.5. The number of aliphatic hydroxyl groups excluding tert-OH is 1. The van der Waals surface area contributed by atoms with E-state index in [9.17, 15) is 4.79 Å². The maximum Gasteiger partial charge on any atom is 0.240 e. The molecule has 1 heterocycles. The van der Waals surface area contributed by atoms with Crippen molar-refractivity contribution in [2.24, 2.45) is 5.92 Å². The monoisotopic (exact) mass is 313 g/mol. The molecule has 0 spiro atoms. The van der Waals surface area contributed by atoms with Crippen LogP contribution in [0.25, 0.3) is 0 Å². The van der Waals surface area contributed by atoms with Crippen molar-refractivity contribution in [3.05, 3.63) is 29.3 Å². The lowest BCUT2D eigenvalue weighted by atomic mass is 10.1. The molecular weight excluding hydrogens is 294 g/mol. The first kappa shape index (κ1) is 15.7. The smallest absolute Gasteiger partial charge is 0.240 e. The van der Waals surface area contributed by atoms with E-state index < -0.39 is 0 Å². The second-order valence-electron chi connectivity index (χ2n) is 5.19. The van der Waals surface area contributed by atoms with Crippen LogP contribution in [0.2, 0.25) is 5.02 Å². The molecule has 110 valence electrons. The Labute approximate surface area is 129 Å². The molecule has 0 aliphatic carbocycles. The van der Waals surface area contributed by atoms with E-state index >= 15 is 0 Å². The number of halogens is 1. The van der Waals surface area contributed by atoms with Gasteiger partial charge in [0.1, 0.15) is 0 Å². The van der Waals surface area contributed by atoms with Gasteiger partial charge < -0.3 is 10.0 Å². The number of aliphatic hydroxyl groups is 1. The molecule has 2 rings (SSSR count). The molecule has 1 aromatic carbocycles. The molecule has 1 saturated heterocycles. The molecule has 0 aromatic heterocycles. The largest absolute Gasteiger partial charge is 0.396 e. The van der Waals surface area contributed by atoms with Gasteiger partial charge in [0.05, 0.1) is 16.0 Å². The topological polar surface area (TPSA) is 40.5 Å². The van der Waals surface area contributed by atoms with Gasteiger partial charge in [-0.15, -0.1) is 11.8 Å². The van der Waals surface area contributed by atoms with E-state index in [1.165, 1.54) is 0 Å². The van der Waals surface area contributed by atoms with Crippen LogP contribution in [0.5, 0.6) is 0 Å². The summed E-state index contributed by atoms with van der Waals surface area (Å²) >= 11 is 7.83. The number of rotatable bonds is 5. The zero-order valence-electron chi connectivity index (χ0n) is 11.6. The summed E-state index contributed by atoms with van der Waals surface area (Å²) in [6, 6.07) is 7.48. The number of nitrogens with zero attached hydrogens (tertiary/aromatic N) is 1. The Morgan fingerprint density at radius 1 is 1.50 bits per heavy atom. The van der Waals surface area contributed by atoms with Crippen molar-refractivity contribution in [2.75, 3.05) is 23.8 Å². The molecule has 5 heteroatoms. The number of amides is 1. The van der Waals surface area contributed by atoms with E-state index in [1.807, 2.05) is 31.2 Å². The van der Waals surface area contributed by atoms with Crippen LogP contribution in [-0.4, -0.2) is 35.2 Å². The molecule has 1 aliphatic rings. The minimum absolute atomic E-state index is 0.0194. The molecule has 20 heavy (non-hydrogen) atoms. The maximum absolute atomic E-state index is 12.6. The Morgan fingerprint density at radius 2 is 2.25 bits per heavy atom. The number of hydrogen-bond acceptors (Lipinski definition) is 3. The predicted octanol–water partition coefficient (Wildman–Crippen LogP) is 3.20. The predicted molar refractivity (Wildman–Crippen MR) is 85.5 cm³/mol. The fourth-order valence-electron chi connectivity index (χ4n) is 2.24. The molecule has 0 bridgehead atoms. The van der Waals surface area contributed by atoms with Gasteiger partial charge in [-0.3, -0.25) is 4.79 Å². The molecule has 1 aromatic rings. The lowest BCUT2D eigenvalue weighted by molar-refractivity contribution is -0.119. The van der Waals surface area contributed by atoms with Crippen LogP contribution < -0.4 is 4.90 Å². The van der Waals surface area contributed by atoms with Gasteiger partial charge in [0.15, 0.2) is 0 Å². The second kappa shape index (κ2) is 7.34. The highest BCUT2D eigenvalue weighted by atomic mass is 35.5. The van der Waals surface area contributed by atoms with Crippen LogP contribution in [0.4, 0.5) is 5.69 Å². The van der Waals surface area contributed by atoms with E-state index in [1.54, 1.807) is 16.7 Å². The summed E-state index contributed by atoms with van der Waals surface area (Å²) in [5.41, 5.74) is 0.805. The molecule has 1 N–H and O–H groups in total. The van der Waals surface area contributed by atoms with Gasteiger partial charge in [0, 0.05) is 13.2 Å². The fraction of sp³-hybridized carbons (Fsp3) is 0.533. The molecule has 1 fully saturated rings. The second-order valence-corrected chi connectivity index (χ2v) is 6.84. The van der Waals surface area contributed by atoms with Crippen molar-refractivity contribution < 1.29 is 9.90 Å². The normalized spacial score (nSPS) is 21.1. The van der Waals surface area contributed by atoms with E-state index in [4.69, 9.17) is 16.7 Å². The van der Waals surface area contributed by atoms with Crippen LogP contribution in [0.3, 0.4) is 0 Å². The van der Waals surface area contributed by atoms with Crippen molar-refractivity contribution in [2.45, 2.75) is 25.0 Å². The Morgan fingerprint density at radius 3 is 2.95 bits per heavy atom. The lowest BCUT2D eigenvalue weighted by Gasteiger charge is -2.32. The van der Waals surface area contributed by atoms with Gasteiger partial charge in [0.25, 0.3) is 0 Å². The molecule has 2 unspecified atom stereocenters. The van der Waals surface area contributed by atoms with Crippen LogP contribution >= 0.6 is 23.4 Å². The van der Waals surface area contributed by atoms with Gasteiger partial charge in [-0.2, -0.15) is 0 Å². The van der Waals surface area contributed by atoms with Crippen molar-refractivity contribution in [3.8, 4) is 0 Å². The van der Waals surface area contributed by atoms with E-state index in [2.05, 4.69) is 0 Å². The Bertz CT molecular complexity index is 469. The van der Waals surface area contributed by atoms with Crippen molar-refractivity contribution in [3.63, 3.8) is 0 Å². The van der Waals surface area contributed by atoms with Gasteiger partial charge in [-0.25, -0.2) is 0 Å². The molecule has 1 aliphatic heterocycles. The van der Waals surface area contributed by atoms with Gasteiger partial charge >= 0.3 is 0 Å².